The van der Waals surface area contributed by atoms with Crippen molar-refractivity contribution in [2.24, 2.45) is 0 Å². The number of aromatic nitrogens is 2. The van der Waals surface area contributed by atoms with Gasteiger partial charge in [-0.15, -0.1) is 11.3 Å². The van der Waals surface area contributed by atoms with Crippen molar-refractivity contribution in [2.75, 3.05) is 5.32 Å². The number of nitrogens with one attached hydrogen (secondary N) is 2. The smallest absolute Gasteiger partial charge is 0.280 e. The summed E-state index contributed by atoms with van der Waals surface area (Å²) in [5, 5.41) is 16.4. The van der Waals surface area contributed by atoms with Crippen LogP contribution >= 0.6 is 11.3 Å². The van der Waals surface area contributed by atoms with Crippen LogP contribution in [0.4, 0.5) is 5.82 Å². The van der Waals surface area contributed by atoms with Crippen LogP contribution in [0.3, 0.4) is 0 Å². The number of amides is 2. The third-order valence-electron chi connectivity index (χ3n) is 7.63. The van der Waals surface area contributed by atoms with Gasteiger partial charge in [0.05, 0.1) is 17.0 Å². The van der Waals surface area contributed by atoms with Gasteiger partial charge in [-0.05, 0) is 70.4 Å². The van der Waals surface area contributed by atoms with E-state index in [-0.39, 0.29) is 34.9 Å². The number of aliphatic hydroxyl groups is 1. The molecule has 2 amide bonds. The molecule has 2 aromatic heterocycles. The topological polar surface area (TPSA) is 107 Å². The molecule has 4 heterocycles. The van der Waals surface area contributed by atoms with Crippen LogP contribution in [-0.4, -0.2) is 62.1 Å². The summed E-state index contributed by atoms with van der Waals surface area (Å²) in [5.41, 5.74) is 2.14. The number of anilines is 1. The van der Waals surface area contributed by atoms with Gasteiger partial charge in [-0.3, -0.25) is 9.59 Å². The van der Waals surface area contributed by atoms with E-state index in [0.717, 1.165) is 55.5 Å². The summed E-state index contributed by atoms with van der Waals surface area (Å²) in [6.45, 7) is 6.23. The van der Waals surface area contributed by atoms with Gasteiger partial charge in [-0.1, -0.05) is 6.92 Å². The van der Waals surface area contributed by atoms with Crippen LogP contribution in [0.5, 0.6) is 0 Å². The van der Waals surface area contributed by atoms with Crippen LogP contribution in [0.15, 0.2) is 12.3 Å². The number of nitrogens with zero attached hydrogens (tertiary/aromatic N) is 3. The second-order valence-corrected chi connectivity index (χ2v) is 10.9. The van der Waals surface area contributed by atoms with Crippen LogP contribution in [0, 0.1) is 6.92 Å². The Hall–Kier alpha value is -2.52. The first kappa shape index (κ1) is 23.2. The highest BCUT2D eigenvalue weighted by atomic mass is 32.1. The molecule has 3 atom stereocenters. The molecule has 9 heteroatoms. The summed E-state index contributed by atoms with van der Waals surface area (Å²) in [7, 11) is 0. The van der Waals surface area contributed by atoms with Gasteiger partial charge in [0.1, 0.15) is 11.5 Å². The first-order chi connectivity index (χ1) is 16.4. The molecule has 3 aliphatic rings. The van der Waals surface area contributed by atoms with Crippen molar-refractivity contribution in [3.05, 3.63) is 28.5 Å². The lowest BCUT2D eigenvalue weighted by molar-refractivity contribution is 0.0447. The number of thiazole rings is 1. The molecule has 182 valence electrons. The van der Waals surface area contributed by atoms with E-state index in [1.807, 2.05) is 17.9 Å². The number of pyridine rings is 1. The Labute approximate surface area is 204 Å². The molecule has 0 aromatic carbocycles. The predicted molar refractivity (Wildman–Crippen MR) is 132 cm³/mol. The van der Waals surface area contributed by atoms with Crippen molar-refractivity contribution in [3.8, 4) is 10.4 Å². The molecule has 2 saturated heterocycles. The minimum Gasteiger partial charge on any atom is -0.391 e. The van der Waals surface area contributed by atoms with Gasteiger partial charge in [-0.25, -0.2) is 9.97 Å². The zero-order chi connectivity index (χ0) is 24.0. The minimum atomic E-state index is -0.512. The first-order valence-electron chi connectivity index (χ1n) is 12.4. The van der Waals surface area contributed by atoms with Gasteiger partial charge in [0.15, 0.2) is 5.01 Å². The first-order valence-corrected chi connectivity index (χ1v) is 13.2. The predicted octanol–water partition coefficient (Wildman–Crippen LogP) is 3.74. The quantitative estimate of drug-likeness (QED) is 0.554. The molecule has 5 rings (SSSR count). The fraction of sp³-hybridized carbons (Fsp3) is 0.600. The van der Waals surface area contributed by atoms with Gasteiger partial charge in [0.2, 0.25) is 0 Å². The van der Waals surface area contributed by atoms with Crippen molar-refractivity contribution in [2.45, 2.75) is 96.0 Å². The van der Waals surface area contributed by atoms with E-state index < -0.39 is 6.10 Å². The number of fused-ring (bicyclic) bond motifs is 2. The number of aryl methyl sites for hydroxylation is 1. The van der Waals surface area contributed by atoms with Gasteiger partial charge < -0.3 is 20.6 Å². The lowest BCUT2D eigenvalue weighted by Crippen LogP contribution is -2.50. The average molecular weight is 484 g/mol. The fourth-order valence-corrected chi connectivity index (χ4v) is 6.25. The lowest BCUT2D eigenvalue weighted by Gasteiger charge is -2.32. The second kappa shape index (κ2) is 9.26. The number of rotatable bonds is 7. The molecule has 1 aliphatic carbocycles. The molecular formula is C25H33N5O3S. The normalized spacial score (nSPS) is 26.3. The molecule has 2 bridgehead atoms. The SMILES string of the molecule is CC[C@@H](C)Nc1cc(C)c(-c2sc(C(=O)N[C@@H]3CC[C@H]3O)nc2C(=O)N2C3CCC2CC3)cn1. The lowest BCUT2D eigenvalue weighted by atomic mass is 9.89. The number of aliphatic hydroxyl groups excluding tert-OH is 1. The third-order valence-corrected chi connectivity index (χ3v) is 8.72. The van der Waals surface area contributed by atoms with E-state index in [2.05, 4.69) is 34.4 Å². The molecule has 8 nitrogen and oxygen atoms in total. The highest BCUT2D eigenvalue weighted by Crippen LogP contribution is 2.41. The summed E-state index contributed by atoms with van der Waals surface area (Å²) < 4.78 is 0. The second-order valence-electron chi connectivity index (χ2n) is 9.93. The molecule has 3 fully saturated rings. The van der Waals surface area contributed by atoms with E-state index in [4.69, 9.17) is 0 Å². The molecular weight excluding hydrogens is 450 g/mol. The maximum absolute atomic E-state index is 13.7. The minimum absolute atomic E-state index is 0.0832. The zero-order valence-electron chi connectivity index (χ0n) is 20.0. The molecule has 34 heavy (non-hydrogen) atoms. The van der Waals surface area contributed by atoms with Gasteiger partial charge in [-0.2, -0.15) is 0 Å². The van der Waals surface area contributed by atoms with Crippen LogP contribution in [0.2, 0.25) is 0 Å². The molecule has 1 saturated carbocycles. The highest BCUT2D eigenvalue weighted by Gasteiger charge is 2.44. The number of hydrogen-bond donors (Lipinski definition) is 3. The Morgan fingerprint density at radius 2 is 1.91 bits per heavy atom. The van der Waals surface area contributed by atoms with E-state index in [1.165, 1.54) is 11.3 Å². The molecule has 0 spiro atoms. The standard InChI is InChI=1S/C25H33N5O3S/c1-4-14(3)27-20-11-13(2)17(12-26-20)22-21(25(33)30-15-5-6-16(30)8-7-15)29-24(34-22)23(32)28-18-9-10-19(18)31/h11-12,14-16,18-19,31H,4-10H2,1-3H3,(H,26,27)(H,28,32)/t14-,15?,16?,18-,19-/m1/s1. The summed E-state index contributed by atoms with van der Waals surface area (Å²) >= 11 is 1.23. The van der Waals surface area contributed by atoms with E-state index in [1.54, 1.807) is 6.20 Å². The van der Waals surface area contributed by atoms with Crippen LogP contribution in [-0.2, 0) is 0 Å². The van der Waals surface area contributed by atoms with Crippen molar-refractivity contribution < 1.29 is 14.7 Å². The zero-order valence-corrected chi connectivity index (χ0v) is 20.8. The maximum Gasteiger partial charge on any atom is 0.280 e. The number of carbonyl (C=O) groups excluding carboxylic acids is 2. The van der Waals surface area contributed by atoms with Crippen LogP contribution in [0.1, 0.15) is 84.6 Å². The number of carbonyl (C=O) groups is 2. The Kier molecular flexibility index (Phi) is 6.33. The molecule has 2 aliphatic heterocycles. The molecule has 2 aromatic rings. The van der Waals surface area contributed by atoms with Crippen molar-refractivity contribution in [1.82, 2.24) is 20.2 Å². The summed E-state index contributed by atoms with van der Waals surface area (Å²) in [6.07, 6.45) is 7.86. The van der Waals surface area contributed by atoms with Crippen molar-refractivity contribution >= 4 is 29.0 Å². The molecule has 0 unspecified atom stereocenters. The average Bonchev–Trinajstić information content (AvgIpc) is 3.55. The maximum atomic E-state index is 13.7. The Bertz CT molecular complexity index is 1080. The van der Waals surface area contributed by atoms with Gasteiger partial charge in [0.25, 0.3) is 11.8 Å². The Balaban J connectivity index is 1.49. The van der Waals surface area contributed by atoms with Gasteiger partial charge in [0, 0.05) is 29.9 Å². The van der Waals surface area contributed by atoms with E-state index >= 15 is 0 Å². The largest absolute Gasteiger partial charge is 0.391 e. The van der Waals surface area contributed by atoms with Gasteiger partial charge >= 0.3 is 0 Å². The van der Waals surface area contributed by atoms with Crippen LogP contribution < -0.4 is 10.6 Å². The van der Waals surface area contributed by atoms with Crippen molar-refractivity contribution in [3.63, 3.8) is 0 Å². The fourth-order valence-electron chi connectivity index (χ4n) is 5.22. The highest BCUT2D eigenvalue weighted by molar-refractivity contribution is 7.17. The van der Waals surface area contributed by atoms with E-state index in [0.29, 0.717) is 23.0 Å². The summed E-state index contributed by atoms with van der Waals surface area (Å²) in [6, 6.07) is 2.59. The molecule has 3 N–H and O–H groups in total. The molecule has 0 radical (unpaired) electrons. The number of hydrogen-bond acceptors (Lipinski definition) is 7. The third kappa shape index (κ3) is 4.20. The Morgan fingerprint density at radius 1 is 1.21 bits per heavy atom. The summed E-state index contributed by atoms with van der Waals surface area (Å²) in [5.74, 6) is 0.377. The van der Waals surface area contributed by atoms with E-state index in [9.17, 15) is 14.7 Å². The van der Waals surface area contributed by atoms with Crippen molar-refractivity contribution in [1.29, 1.82) is 0 Å². The Morgan fingerprint density at radius 3 is 2.47 bits per heavy atom. The monoisotopic (exact) mass is 483 g/mol. The summed E-state index contributed by atoms with van der Waals surface area (Å²) in [4.78, 5) is 38.5. The van der Waals surface area contributed by atoms with Crippen LogP contribution in [0.25, 0.3) is 10.4 Å².